The second kappa shape index (κ2) is 8.14. The van der Waals surface area contributed by atoms with E-state index < -0.39 is 0 Å². The van der Waals surface area contributed by atoms with Crippen LogP contribution in [0.4, 0.5) is 17.2 Å². The molecule has 0 spiro atoms. The van der Waals surface area contributed by atoms with Crippen LogP contribution in [-0.4, -0.2) is 23.8 Å². The molecule has 0 aliphatic carbocycles. The number of nitrogens with zero attached hydrogens (tertiary/aromatic N) is 1. The Hall–Kier alpha value is -3.67. The Labute approximate surface area is 157 Å². The van der Waals surface area contributed by atoms with E-state index in [2.05, 4.69) is 15.6 Å². The lowest BCUT2D eigenvalue weighted by molar-refractivity contribution is 0.101. The predicted octanol–water partition coefficient (Wildman–Crippen LogP) is 4.29. The highest BCUT2D eigenvalue weighted by molar-refractivity contribution is 6.05. The molecule has 2 N–H and O–H groups in total. The molecule has 136 valence electrons. The Morgan fingerprint density at radius 3 is 2.48 bits per heavy atom. The van der Waals surface area contributed by atoms with Gasteiger partial charge in [-0.25, -0.2) is 4.98 Å². The van der Waals surface area contributed by atoms with Crippen LogP contribution in [0.25, 0.3) is 0 Å². The van der Waals surface area contributed by atoms with Crippen molar-refractivity contribution in [2.75, 3.05) is 17.7 Å². The van der Waals surface area contributed by atoms with Gasteiger partial charge in [-0.05, 0) is 43.3 Å². The molecule has 1 aromatic heterocycles. The Morgan fingerprint density at radius 1 is 0.963 bits per heavy atom. The first kappa shape index (κ1) is 18.1. The highest BCUT2D eigenvalue weighted by Gasteiger charge is 2.12. The molecule has 0 saturated heterocycles. The van der Waals surface area contributed by atoms with Crippen molar-refractivity contribution < 1.29 is 14.3 Å². The van der Waals surface area contributed by atoms with Crippen molar-refractivity contribution in [2.24, 2.45) is 0 Å². The van der Waals surface area contributed by atoms with Crippen molar-refractivity contribution in [3.05, 3.63) is 78.0 Å². The largest absolute Gasteiger partial charge is 0.496 e. The number of ether oxygens (including phenoxy) is 1. The summed E-state index contributed by atoms with van der Waals surface area (Å²) in [5, 5.41) is 5.93. The van der Waals surface area contributed by atoms with Gasteiger partial charge in [0.2, 0.25) is 0 Å². The van der Waals surface area contributed by atoms with Crippen molar-refractivity contribution in [2.45, 2.75) is 6.92 Å². The van der Waals surface area contributed by atoms with Crippen molar-refractivity contribution in [3.63, 3.8) is 0 Å². The molecule has 0 fully saturated rings. The molecule has 3 rings (SSSR count). The van der Waals surface area contributed by atoms with Crippen LogP contribution in [-0.2, 0) is 0 Å². The van der Waals surface area contributed by atoms with E-state index in [1.165, 1.54) is 14.0 Å². The molecule has 1 heterocycles. The fourth-order valence-corrected chi connectivity index (χ4v) is 2.54. The normalized spacial score (nSPS) is 10.1. The first-order valence-electron chi connectivity index (χ1n) is 8.35. The third kappa shape index (κ3) is 4.49. The van der Waals surface area contributed by atoms with Crippen molar-refractivity contribution in [1.82, 2.24) is 4.98 Å². The number of Topliss-reactive ketones (excluding diaryl/α,β-unsaturated/α-hetero) is 1. The molecule has 1 amide bonds. The molecular weight excluding hydrogens is 342 g/mol. The SMILES string of the molecule is COc1ccccc1C(=O)Nc1ccc(Nc2cccc(C(C)=O)c2)cn1. The molecule has 6 heteroatoms. The number of carbonyl (C=O) groups excluding carboxylic acids is 2. The summed E-state index contributed by atoms with van der Waals surface area (Å²) in [6, 6.07) is 17.7. The summed E-state index contributed by atoms with van der Waals surface area (Å²) in [6.45, 7) is 1.53. The minimum atomic E-state index is -0.296. The first-order valence-corrected chi connectivity index (χ1v) is 8.35. The second-order valence-electron chi connectivity index (χ2n) is 5.85. The van der Waals surface area contributed by atoms with E-state index in [4.69, 9.17) is 4.74 Å². The molecule has 0 unspecified atom stereocenters. The van der Waals surface area contributed by atoms with Crippen LogP contribution in [0.3, 0.4) is 0 Å². The average Bonchev–Trinajstić information content (AvgIpc) is 2.69. The van der Waals surface area contributed by atoms with E-state index in [1.807, 2.05) is 12.1 Å². The third-order valence-corrected chi connectivity index (χ3v) is 3.91. The van der Waals surface area contributed by atoms with Crippen LogP contribution in [0.2, 0.25) is 0 Å². The van der Waals surface area contributed by atoms with E-state index in [9.17, 15) is 9.59 Å². The van der Waals surface area contributed by atoms with Gasteiger partial charge >= 0.3 is 0 Å². The lowest BCUT2D eigenvalue weighted by Crippen LogP contribution is -2.14. The van der Waals surface area contributed by atoms with Crippen molar-refractivity contribution in [1.29, 1.82) is 0 Å². The molecule has 27 heavy (non-hydrogen) atoms. The number of methoxy groups -OCH3 is 1. The molecule has 0 aliphatic rings. The molecule has 0 bridgehead atoms. The van der Waals surface area contributed by atoms with E-state index >= 15 is 0 Å². The fourth-order valence-electron chi connectivity index (χ4n) is 2.54. The lowest BCUT2D eigenvalue weighted by Gasteiger charge is -2.10. The van der Waals surface area contributed by atoms with Gasteiger partial charge in [0.15, 0.2) is 5.78 Å². The van der Waals surface area contributed by atoms with Crippen LogP contribution < -0.4 is 15.4 Å². The number of aromatic nitrogens is 1. The maximum Gasteiger partial charge on any atom is 0.260 e. The van der Waals surface area contributed by atoms with E-state index in [1.54, 1.807) is 54.7 Å². The smallest absolute Gasteiger partial charge is 0.260 e. The zero-order valence-electron chi connectivity index (χ0n) is 15.0. The first-order chi connectivity index (χ1) is 13.1. The molecule has 3 aromatic rings. The topological polar surface area (TPSA) is 80.3 Å². The quantitative estimate of drug-likeness (QED) is 0.640. The van der Waals surface area contributed by atoms with Gasteiger partial charge < -0.3 is 15.4 Å². The molecular formula is C21H19N3O3. The van der Waals surface area contributed by atoms with E-state index in [0.717, 1.165) is 11.4 Å². The molecule has 0 radical (unpaired) electrons. The zero-order chi connectivity index (χ0) is 19.2. The molecule has 0 saturated carbocycles. The standard InChI is InChI=1S/C21H19N3O3/c1-14(25)15-6-5-7-16(12-15)23-17-10-11-20(22-13-17)24-21(26)18-8-3-4-9-19(18)27-2/h3-13,23H,1-2H3,(H,22,24,26). The summed E-state index contributed by atoms with van der Waals surface area (Å²) >= 11 is 0. The molecule has 0 atom stereocenters. The van der Waals surface area contributed by atoms with Gasteiger partial charge in [0.05, 0.1) is 24.6 Å². The Kier molecular flexibility index (Phi) is 5.47. The number of hydrogen-bond donors (Lipinski definition) is 2. The lowest BCUT2D eigenvalue weighted by atomic mass is 10.1. The number of nitrogens with one attached hydrogen (secondary N) is 2. The van der Waals surface area contributed by atoms with E-state index in [0.29, 0.717) is 22.7 Å². The Balaban J connectivity index is 1.69. The van der Waals surface area contributed by atoms with Gasteiger partial charge in [-0.1, -0.05) is 24.3 Å². The van der Waals surface area contributed by atoms with Gasteiger partial charge in [0, 0.05) is 11.3 Å². The van der Waals surface area contributed by atoms with Gasteiger partial charge in [0.1, 0.15) is 11.6 Å². The Morgan fingerprint density at radius 2 is 1.78 bits per heavy atom. The summed E-state index contributed by atoms with van der Waals surface area (Å²) in [6.07, 6.45) is 1.61. The van der Waals surface area contributed by atoms with Gasteiger partial charge in [-0.15, -0.1) is 0 Å². The maximum absolute atomic E-state index is 12.4. The van der Waals surface area contributed by atoms with Crippen LogP contribution in [0, 0.1) is 0 Å². The minimum absolute atomic E-state index is 0.00572. The van der Waals surface area contributed by atoms with Gasteiger partial charge in [-0.3, -0.25) is 9.59 Å². The summed E-state index contributed by atoms with van der Waals surface area (Å²) in [4.78, 5) is 28.1. The summed E-state index contributed by atoms with van der Waals surface area (Å²) in [5.41, 5.74) is 2.60. The van der Waals surface area contributed by atoms with E-state index in [-0.39, 0.29) is 11.7 Å². The monoisotopic (exact) mass is 361 g/mol. The van der Waals surface area contributed by atoms with Crippen molar-refractivity contribution >= 4 is 28.9 Å². The van der Waals surface area contributed by atoms with Crippen LogP contribution in [0.5, 0.6) is 5.75 Å². The number of hydrogen-bond acceptors (Lipinski definition) is 5. The number of amides is 1. The number of pyridine rings is 1. The number of rotatable bonds is 6. The van der Waals surface area contributed by atoms with Gasteiger partial charge in [0.25, 0.3) is 5.91 Å². The Bertz CT molecular complexity index is 968. The van der Waals surface area contributed by atoms with Crippen molar-refractivity contribution in [3.8, 4) is 5.75 Å². The van der Waals surface area contributed by atoms with Crippen LogP contribution >= 0.6 is 0 Å². The predicted molar refractivity (Wildman–Crippen MR) is 105 cm³/mol. The molecule has 2 aromatic carbocycles. The van der Waals surface area contributed by atoms with Crippen LogP contribution in [0.1, 0.15) is 27.6 Å². The maximum atomic E-state index is 12.4. The summed E-state index contributed by atoms with van der Waals surface area (Å²) < 4.78 is 5.20. The number of ketones is 1. The highest BCUT2D eigenvalue weighted by Crippen LogP contribution is 2.21. The fraction of sp³-hybridized carbons (Fsp3) is 0.0952. The third-order valence-electron chi connectivity index (χ3n) is 3.91. The number of anilines is 3. The number of benzene rings is 2. The molecule has 6 nitrogen and oxygen atoms in total. The summed E-state index contributed by atoms with van der Waals surface area (Å²) in [7, 11) is 1.52. The zero-order valence-corrected chi connectivity index (χ0v) is 15.0. The second-order valence-corrected chi connectivity index (χ2v) is 5.85. The van der Waals surface area contributed by atoms with Gasteiger partial charge in [-0.2, -0.15) is 0 Å². The molecule has 0 aliphatic heterocycles. The highest BCUT2D eigenvalue weighted by atomic mass is 16.5. The number of carbonyl (C=O) groups is 2. The minimum Gasteiger partial charge on any atom is -0.496 e. The number of para-hydroxylation sites is 1. The summed E-state index contributed by atoms with van der Waals surface area (Å²) in [5.74, 6) is 0.633. The average molecular weight is 361 g/mol. The van der Waals surface area contributed by atoms with Crippen LogP contribution in [0.15, 0.2) is 66.9 Å².